The zero-order valence-corrected chi connectivity index (χ0v) is 18.5. The molecule has 0 saturated carbocycles. The van der Waals surface area contributed by atoms with Crippen molar-refractivity contribution in [2.24, 2.45) is 0 Å². The first kappa shape index (κ1) is 22.6. The van der Waals surface area contributed by atoms with E-state index in [1.165, 1.54) is 0 Å². The van der Waals surface area contributed by atoms with Gasteiger partial charge in [0, 0.05) is 10.0 Å². The molecule has 1 aliphatic rings. The lowest BCUT2D eigenvalue weighted by Crippen LogP contribution is -2.53. The zero-order valence-electron chi connectivity index (χ0n) is 17.0. The molecule has 0 bridgehead atoms. The fourth-order valence-corrected chi connectivity index (χ4v) is 4.06. The molecule has 2 aromatic carbocycles. The molecule has 2 aromatic rings. The number of esters is 1. The summed E-state index contributed by atoms with van der Waals surface area (Å²) in [6, 6.07) is 13.4. The van der Waals surface area contributed by atoms with E-state index >= 15 is 0 Å². The summed E-state index contributed by atoms with van der Waals surface area (Å²) in [5.41, 5.74) is 1.70. The second kappa shape index (κ2) is 10.3. The van der Waals surface area contributed by atoms with Gasteiger partial charge in [0.25, 0.3) is 0 Å². The fraction of sp³-hybridized carbons (Fsp3) is 0.391. The quantitative estimate of drug-likeness (QED) is 0.533. The molecule has 1 amide bonds. The van der Waals surface area contributed by atoms with Crippen LogP contribution >= 0.6 is 23.2 Å². The minimum atomic E-state index is -0.693. The molecule has 0 spiro atoms. The van der Waals surface area contributed by atoms with Crippen LogP contribution in [0.5, 0.6) is 0 Å². The average molecular weight is 450 g/mol. The van der Waals surface area contributed by atoms with Crippen molar-refractivity contribution in [2.45, 2.75) is 44.9 Å². The van der Waals surface area contributed by atoms with E-state index in [0.29, 0.717) is 16.5 Å². The van der Waals surface area contributed by atoms with Gasteiger partial charge in [0.1, 0.15) is 18.8 Å². The number of carbonyl (C=O) groups excluding carboxylic acids is 2. The molecule has 3 atom stereocenters. The molecular formula is C23H25Cl2NO4. The predicted octanol–water partition coefficient (Wildman–Crippen LogP) is 5.37. The molecule has 160 valence electrons. The highest BCUT2D eigenvalue weighted by molar-refractivity contribution is 6.30. The Kier molecular flexibility index (Phi) is 7.75. The molecule has 1 saturated heterocycles. The van der Waals surface area contributed by atoms with Gasteiger partial charge in [0.15, 0.2) is 0 Å². The Hall–Kier alpha value is -2.08. The van der Waals surface area contributed by atoms with Gasteiger partial charge in [0.2, 0.25) is 5.91 Å². The van der Waals surface area contributed by atoms with Crippen molar-refractivity contribution < 1.29 is 19.1 Å². The molecule has 1 aliphatic heterocycles. The summed E-state index contributed by atoms with van der Waals surface area (Å²) in [6.07, 6.45) is 0.768. The summed E-state index contributed by atoms with van der Waals surface area (Å²) in [6.45, 7) is 3.88. The SMILES string of the molecule is CCC[C@H](C(=O)OCC)N1C(=O)CO[C@H](c2ccc(Cl)cc2)[C@@H]1c1ccc(Cl)cc1. The third kappa shape index (κ3) is 4.97. The van der Waals surface area contributed by atoms with Crippen molar-refractivity contribution in [3.8, 4) is 0 Å². The third-order valence-electron chi connectivity index (χ3n) is 5.13. The molecule has 7 heteroatoms. The van der Waals surface area contributed by atoms with Crippen LogP contribution in [0, 0.1) is 0 Å². The molecule has 5 nitrogen and oxygen atoms in total. The van der Waals surface area contributed by atoms with Crippen LogP contribution in [0.1, 0.15) is 50.0 Å². The number of hydrogen-bond acceptors (Lipinski definition) is 4. The number of rotatable bonds is 7. The number of benzene rings is 2. The summed E-state index contributed by atoms with van der Waals surface area (Å²) < 4.78 is 11.3. The van der Waals surface area contributed by atoms with Gasteiger partial charge in [-0.15, -0.1) is 0 Å². The minimum absolute atomic E-state index is 0.114. The molecule has 0 radical (unpaired) electrons. The van der Waals surface area contributed by atoms with Gasteiger partial charge < -0.3 is 14.4 Å². The van der Waals surface area contributed by atoms with Gasteiger partial charge in [-0.05, 0) is 48.7 Å². The van der Waals surface area contributed by atoms with E-state index in [4.69, 9.17) is 32.7 Å². The van der Waals surface area contributed by atoms with E-state index in [1.54, 1.807) is 36.1 Å². The highest BCUT2D eigenvalue weighted by Gasteiger charge is 2.44. The van der Waals surface area contributed by atoms with Crippen molar-refractivity contribution in [1.29, 1.82) is 0 Å². The highest BCUT2D eigenvalue weighted by Crippen LogP contribution is 2.42. The Bertz CT molecular complexity index is 870. The van der Waals surface area contributed by atoms with Crippen LogP contribution in [0.3, 0.4) is 0 Å². The number of amides is 1. The third-order valence-corrected chi connectivity index (χ3v) is 5.63. The number of nitrogens with zero attached hydrogens (tertiary/aromatic N) is 1. The normalized spacial score (nSPS) is 20.1. The number of carbonyl (C=O) groups is 2. The van der Waals surface area contributed by atoms with E-state index in [1.807, 2.05) is 31.2 Å². The van der Waals surface area contributed by atoms with Crippen LogP contribution in [0.15, 0.2) is 48.5 Å². The monoisotopic (exact) mass is 449 g/mol. The predicted molar refractivity (Wildman–Crippen MR) is 117 cm³/mol. The molecule has 1 fully saturated rings. The topological polar surface area (TPSA) is 55.8 Å². The minimum Gasteiger partial charge on any atom is -0.464 e. The number of hydrogen-bond donors (Lipinski definition) is 0. The smallest absolute Gasteiger partial charge is 0.328 e. The summed E-state index contributed by atoms with van der Waals surface area (Å²) in [4.78, 5) is 27.5. The van der Waals surface area contributed by atoms with Crippen molar-refractivity contribution in [3.05, 3.63) is 69.7 Å². The maximum Gasteiger partial charge on any atom is 0.328 e. The molecule has 1 heterocycles. The Morgan fingerprint density at radius 1 is 1.07 bits per heavy atom. The van der Waals surface area contributed by atoms with Gasteiger partial charge in [0.05, 0.1) is 12.6 Å². The summed E-state index contributed by atoms with van der Waals surface area (Å²) in [5, 5.41) is 1.20. The van der Waals surface area contributed by atoms with Crippen LogP contribution in [0.2, 0.25) is 10.0 Å². The fourth-order valence-electron chi connectivity index (χ4n) is 3.80. The highest BCUT2D eigenvalue weighted by atomic mass is 35.5. The van der Waals surface area contributed by atoms with Gasteiger partial charge in [-0.1, -0.05) is 60.8 Å². The Morgan fingerprint density at radius 2 is 1.63 bits per heavy atom. The van der Waals surface area contributed by atoms with Gasteiger partial charge >= 0.3 is 5.97 Å². The van der Waals surface area contributed by atoms with Crippen LogP contribution in [0.25, 0.3) is 0 Å². The van der Waals surface area contributed by atoms with Gasteiger partial charge in [-0.3, -0.25) is 4.79 Å². The second-order valence-electron chi connectivity index (χ2n) is 7.14. The summed E-state index contributed by atoms with van der Waals surface area (Å²) in [7, 11) is 0. The molecule has 0 N–H and O–H groups in total. The van der Waals surface area contributed by atoms with Gasteiger partial charge in [-0.2, -0.15) is 0 Å². The summed E-state index contributed by atoms with van der Waals surface area (Å²) >= 11 is 12.1. The number of halogens is 2. The molecule has 0 aromatic heterocycles. The van der Waals surface area contributed by atoms with Crippen LogP contribution < -0.4 is 0 Å². The lowest BCUT2D eigenvalue weighted by atomic mass is 9.90. The molecule has 30 heavy (non-hydrogen) atoms. The molecule has 0 aliphatic carbocycles. The lowest BCUT2D eigenvalue weighted by Gasteiger charge is -2.44. The van der Waals surface area contributed by atoms with Crippen molar-refractivity contribution in [3.63, 3.8) is 0 Å². The maximum atomic E-state index is 13.0. The first-order valence-electron chi connectivity index (χ1n) is 10.1. The van der Waals surface area contributed by atoms with E-state index < -0.39 is 24.2 Å². The van der Waals surface area contributed by atoms with E-state index in [9.17, 15) is 9.59 Å². The van der Waals surface area contributed by atoms with Crippen molar-refractivity contribution in [1.82, 2.24) is 4.90 Å². The van der Waals surface area contributed by atoms with E-state index in [-0.39, 0.29) is 19.1 Å². The number of morpholine rings is 1. The van der Waals surface area contributed by atoms with Crippen molar-refractivity contribution >= 4 is 35.1 Å². The van der Waals surface area contributed by atoms with E-state index in [0.717, 1.165) is 17.5 Å². The van der Waals surface area contributed by atoms with E-state index in [2.05, 4.69) is 0 Å². The maximum absolute atomic E-state index is 13.0. The van der Waals surface area contributed by atoms with Crippen LogP contribution in [-0.4, -0.2) is 36.0 Å². The zero-order chi connectivity index (χ0) is 21.7. The Labute approximate surface area is 186 Å². The van der Waals surface area contributed by atoms with Crippen molar-refractivity contribution in [2.75, 3.05) is 13.2 Å². The number of ether oxygens (including phenoxy) is 2. The lowest BCUT2D eigenvalue weighted by molar-refractivity contribution is -0.174. The first-order valence-corrected chi connectivity index (χ1v) is 10.8. The molecule has 3 rings (SSSR count). The molecular weight excluding hydrogens is 425 g/mol. The molecule has 0 unspecified atom stereocenters. The largest absolute Gasteiger partial charge is 0.464 e. The average Bonchev–Trinajstić information content (AvgIpc) is 2.74. The Balaban J connectivity index is 2.10. The summed E-state index contributed by atoms with van der Waals surface area (Å²) in [5.74, 6) is -0.643. The van der Waals surface area contributed by atoms with Crippen LogP contribution in [0.4, 0.5) is 0 Å². The first-order chi connectivity index (χ1) is 14.5. The van der Waals surface area contributed by atoms with Crippen LogP contribution in [-0.2, 0) is 19.1 Å². The Morgan fingerprint density at radius 3 is 2.17 bits per heavy atom. The van der Waals surface area contributed by atoms with Gasteiger partial charge in [-0.25, -0.2) is 4.79 Å². The standard InChI is InChI=1S/C23H25Cl2NO4/c1-3-5-19(23(28)29-4-2)26-20(27)14-30-22(16-8-12-18(25)13-9-16)21(26)15-6-10-17(24)11-7-15/h6-13,19,21-22H,3-5,14H2,1-2H3/t19-,21+,22-/m1/s1. The second-order valence-corrected chi connectivity index (χ2v) is 8.01.